The van der Waals surface area contributed by atoms with Crippen LogP contribution in [0.15, 0.2) is 47.6 Å². The lowest BCUT2D eigenvalue weighted by Crippen LogP contribution is -2.28. The van der Waals surface area contributed by atoms with Gasteiger partial charge in [0.25, 0.3) is 0 Å². The third kappa shape index (κ3) is 1.54. The molecule has 2 atom stereocenters. The Bertz CT molecular complexity index is 340. The Hall–Kier alpha value is -0.310. The van der Waals surface area contributed by atoms with Crippen molar-refractivity contribution in [3.8, 4) is 0 Å². The van der Waals surface area contributed by atoms with Gasteiger partial charge < -0.3 is 0 Å². The Morgan fingerprint density at radius 3 is 2.77 bits per heavy atom. The summed E-state index contributed by atoms with van der Waals surface area (Å²) < 4.78 is 0.244. The molecule has 2 aliphatic carbocycles. The molecule has 0 saturated heterocycles. The van der Waals surface area contributed by atoms with Crippen LogP contribution in [0.3, 0.4) is 0 Å². The van der Waals surface area contributed by atoms with Crippen molar-refractivity contribution in [2.24, 2.45) is 5.92 Å². The van der Waals surface area contributed by atoms with Gasteiger partial charge in [-0.1, -0.05) is 59.0 Å². The SMILES string of the molecule is CC1=CC=CC2C1=CC=CC2(C)I. The third-order valence-electron chi connectivity index (χ3n) is 2.75. The molecule has 0 aromatic carbocycles. The highest BCUT2D eigenvalue weighted by Gasteiger charge is 2.32. The molecule has 0 heterocycles. The summed E-state index contributed by atoms with van der Waals surface area (Å²) in [5.41, 5.74) is 2.88. The molecule has 1 heteroatoms. The first-order chi connectivity index (χ1) is 6.11. The first-order valence-electron chi connectivity index (χ1n) is 4.55. The molecule has 0 saturated carbocycles. The molecule has 13 heavy (non-hydrogen) atoms. The van der Waals surface area contributed by atoms with Crippen molar-refractivity contribution in [1.29, 1.82) is 0 Å². The van der Waals surface area contributed by atoms with Crippen molar-refractivity contribution in [2.75, 3.05) is 0 Å². The molecular weight excluding hydrogens is 271 g/mol. The van der Waals surface area contributed by atoms with E-state index in [-0.39, 0.29) is 3.42 Å². The summed E-state index contributed by atoms with van der Waals surface area (Å²) in [6.45, 7) is 4.47. The maximum atomic E-state index is 2.53. The fraction of sp³-hybridized carbons (Fsp3) is 0.333. The number of hydrogen-bond donors (Lipinski definition) is 0. The van der Waals surface area contributed by atoms with Crippen LogP contribution in [0, 0.1) is 5.92 Å². The zero-order valence-electron chi connectivity index (χ0n) is 7.92. The fourth-order valence-corrected chi connectivity index (χ4v) is 2.68. The maximum absolute atomic E-state index is 2.53. The highest BCUT2D eigenvalue weighted by atomic mass is 127. The molecule has 0 aromatic rings. The van der Waals surface area contributed by atoms with E-state index in [0.29, 0.717) is 5.92 Å². The predicted octanol–water partition coefficient (Wildman–Crippen LogP) is 3.81. The van der Waals surface area contributed by atoms with Crippen molar-refractivity contribution in [3.05, 3.63) is 47.6 Å². The molecule has 0 bridgehead atoms. The highest BCUT2D eigenvalue weighted by Crippen LogP contribution is 2.42. The van der Waals surface area contributed by atoms with E-state index in [1.54, 1.807) is 0 Å². The first kappa shape index (κ1) is 9.25. The van der Waals surface area contributed by atoms with Gasteiger partial charge in [-0.3, -0.25) is 0 Å². The minimum atomic E-state index is 0.244. The number of alkyl halides is 1. The van der Waals surface area contributed by atoms with Gasteiger partial charge in [-0.2, -0.15) is 0 Å². The lowest BCUT2D eigenvalue weighted by molar-refractivity contribution is 0.651. The summed E-state index contributed by atoms with van der Waals surface area (Å²) >= 11 is 2.53. The third-order valence-corrected chi connectivity index (χ3v) is 3.78. The van der Waals surface area contributed by atoms with Gasteiger partial charge in [-0.05, 0) is 25.0 Å². The number of halogens is 1. The molecule has 0 nitrogen and oxygen atoms in total. The van der Waals surface area contributed by atoms with Gasteiger partial charge in [0.2, 0.25) is 0 Å². The van der Waals surface area contributed by atoms with Gasteiger partial charge in [0.1, 0.15) is 0 Å². The van der Waals surface area contributed by atoms with Crippen molar-refractivity contribution in [3.63, 3.8) is 0 Å². The molecule has 0 aliphatic heterocycles. The van der Waals surface area contributed by atoms with Crippen LogP contribution in [0.1, 0.15) is 13.8 Å². The van der Waals surface area contributed by atoms with Crippen LogP contribution in [0.25, 0.3) is 0 Å². The summed E-state index contributed by atoms with van der Waals surface area (Å²) in [6.07, 6.45) is 13.4. The first-order valence-corrected chi connectivity index (χ1v) is 5.63. The topological polar surface area (TPSA) is 0 Å². The molecule has 68 valence electrons. The maximum Gasteiger partial charge on any atom is 0.0479 e. The average Bonchev–Trinajstić information content (AvgIpc) is 2.06. The van der Waals surface area contributed by atoms with E-state index < -0.39 is 0 Å². The zero-order chi connectivity index (χ0) is 9.47. The standard InChI is InChI=1S/C12H13I/c1-9-5-3-7-11-10(9)6-4-8-12(11,2)13/h3-8,11H,1-2H3. The monoisotopic (exact) mass is 284 g/mol. The van der Waals surface area contributed by atoms with E-state index in [1.165, 1.54) is 11.1 Å². The average molecular weight is 284 g/mol. The van der Waals surface area contributed by atoms with E-state index in [4.69, 9.17) is 0 Å². The van der Waals surface area contributed by atoms with Crippen LogP contribution in [0.5, 0.6) is 0 Å². The summed E-state index contributed by atoms with van der Waals surface area (Å²) in [6, 6.07) is 0. The minimum Gasteiger partial charge on any atom is -0.0754 e. The van der Waals surface area contributed by atoms with Crippen LogP contribution >= 0.6 is 22.6 Å². The molecule has 2 aliphatic rings. The highest BCUT2D eigenvalue weighted by molar-refractivity contribution is 14.1. The molecular formula is C12H13I. The summed E-state index contributed by atoms with van der Waals surface area (Å²) in [7, 11) is 0. The van der Waals surface area contributed by atoms with Gasteiger partial charge >= 0.3 is 0 Å². The Kier molecular flexibility index (Phi) is 2.22. The van der Waals surface area contributed by atoms with Crippen LogP contribution in [-0.2, 0) is 0 Å². The van der Waals surface area contributed by atoms with E-state index in [2.05, 4.69) is 72.9 Å². The molecule has 0 fully saturated rings. The molecule has 0 amide bonds. The largest absolute Gasteiger partial charge is 0.0754 e. The minimum absolute atomic E-state index is 0.244. The van der Waals surface area contributed by atoms with Gasteiger partial charge in [-0.25, -0.2) is 0 Å². The lowest BCUT2D eigenvalue weighted by Gasteiger charge is -2.34. The molecule has 0 N–H and O–H groups in total. The van der Waals surface area contributed by atoms with Crippen molar-refractivity contribution in [1.82, 2.24) is 0 Å². The fourth-order valence-electron chi connectivity index (χ4n) is 1.93. The Labute approximate surface area is 93.2 Å². The van der Waals surface area contributed by atoms with E-state index >= 15 is 0 Å². The quantitative estimate of drug-likeness (QED) is 0.469. The number of allylic oxidation sites excluding steroid dienone is 8. The molecule has 2 unspecified atom stereocenters. The summed E-state index contributed by atoms with van der Waals surface area (Å²) in [5, 5.41) is 0. The lowest BCUT2D eigenvalue weighted by atomic mass is 9.78. The van der Waals surface area contributed by atoms with Crippen molar-refractivity contribution in [2.45, 2.75) is 17.3 Å². The van der Waals surface area contributed by atoms with Crippen LogP contribution < -0.4 is 0 Å². The predicted molar refractivity (Wildman–Crippen MR) is 66.0 cm³/mol. The van der Waals surface area contributed by atoms with E-state index in [0.717, 1.165) is 0 Å². The molecule has 0 radical (unpaired) electrons. The number of fused-ring (bicyclic) bond motifs is 1. The summed E-state index contributed by atoms with van der Waals surface area (Å²) in [4.78, 5) is 0. The Morgan fingerprint density at radius 2 is 2.08 bits per heavy atom. The Balaban J connectivity index is 2.46. The smallest absolute Gasteiger partial charge is 0.0479 e. The van der Waals surface area contributed by atoms with Crippen LogP contribution in [0.2, 0.25) is 0 Å². The number of rotatable bonds is 0. The Morgan fingerprint density at radius 1 is 1.31 bits per heavy atom. The van der Waals surface area contributed by atoms with Gasteiger partial charge in [0.15, 0.2) is 0 Å². The summed E-state index contributed by atoms with van der Waals surface area (Å²) in [5.74, 6) is 0.558. The molecule has 2 rings (SSSR count). The zero-order valence-corrected chi connectivity index (χ0v) is 10.1. The molecule has 0 aromatic heterocycles. The number of hydrogen-bond acceptors (Lipinski definition) is 0. The van der Waals surface area contributed by atoms with Crippen molar-refractivity contribution < 1.29 is 0 Å². The van der Waals surface area contributed by atoms with Gasteiger partial charge in [0.05, 0.1) is 0 Å². The normalized spacial score (nSPS) is 36.7. The van der Waals surface area contributed by atoms with Crippen molar-refractivity contribution >= 4 is 22.6 Å². The molecule has 0 spiro atoms. The second-order valence-corrected chi connectivity index (χ2v) is 6.17. The second kappa shape index (κ2) is 3.12. The second-order valence-electron chi connectivity index (χ2n) is 3.84. The van der Waals surface area contributed by atoms with Crippen LogP contribution in [-0.4, -0.2) is 3.42 Å². The van der Waals surface area contributed by atoms with Crippen LogP contribution in [0.4, 0.5) is 0 Å². The van der Waals surface area contributed by atoms with E-state index in [9.17, 15) is 0 Å². The van der Waals surface area contributed by atoms with Gasteiger partial charge in [0, 0.05) is 9.34 Å². The van der Waals surface area contributed by atoms with Gasteiger partial charge in [-0.15, -0.1) is 0 Å². The van der Waals surface area contributed by atoms with E-state index in [1.807, 2.05) is 0 Å².